The number of rotatable bonds is 1. The van der Waals surface area contributed by atoms with Gasteiger partial charge in [-0.3, -0.25) is 9.20 Å². The molecule has 0 radical (unpaired) electrons. The first-order valence-corrected chi connectivity index (χ1v) is 4.23. The van der Waals surface area contributed by atoms with Crippen LogP contribution in [0.1, 0.15) is 5.56 Å². The molecule has 0 aromatic carbocycles. The zero-order chi connectivity index (χ0) is 10.1. The number of pyridine rings is 2. The zero-order valence-electron chi connectivity index (χ0n) is 7.40. The van der Waals surface area contributed by atoms with Crippen LogP contribution in [0.5, 0.6) is 0 Å². The average molecular weight is 192 g/mol. The van der Waals surface area contributed by atoms with Crippen LogP contribution in [0.25, 0.3) is 5.52 Å². The van der Waals surface area contributed by atoms with Crippen molar-refractivity contribution in [1.82, 2.24) is 4.40 Å². The van der Waals surface area contributed by atoms with E-state index in [-0.39, 0.29) is 17.6 Å². The lowest BCUT2D eigenvalue weighted by Crippen LogP contribution is -2.15. The molecule has 0 amide bonds. The Kier molecular flexibility index (Phi) is 2.05. The summed E-state index contributed by atoms with van der Waals surface area (Å²) in [6.45, 7) is 0.213. The molecule has 2 rings (SSSR count). The Morgan fingerprint density at radius 3 is 2.86 bits per heavy atom. The lowest BCUT2D eigenvalue weighted by molar-refractivity contribution is 0.630. The molecule has 0 aliphatic rings. The van der Waals surface area contributed by atoms with Crippen molar-refractivity contribution < 1.29 is 4.39 Å². The third-order valence-corrected chi connectivity index (χ3v) is 2.13. The van der Waals surface area contributed by atoms with Gasteiger partial charge in [0.2, 0.25) is 0 Å². The highest BCUT2D eigenvalue weighted by molar-refractivity contribution is 5.55. The summed E-state index contributed by atoms with van der Waals surface area (Å²) in [6.07, 6.45) is 1.53. The lowest BCUT2D eigenvalue weighted by atomic mass is 10.2. The molecule has 0 unspecified atom stereocenters. The van der Waals surface area contributed by atoms with Crippen LogP contribution >= 0.6 is 0 Å². The predicted octanol–water partition coefficient (Wildman–Crippen LogP) is 0.897. The van der Waals surface area contributed by atoms with Crippen LogP contribution < -0.4 is 11.3 Å². The first kappa shape index (κ1) is 8.90. The van der Waals surface area contributed by atoms with Crippen molar-refractivity contribution in [3.05, 3.63) is 52.2 Å². The molecule has 0 aliphatic heterocycles. The summed E-state index contributed by atoms with van der Waals surface area (Å²) < 4.78 is 14.7. The fourth-order valence-corrected chi connectivity index (χ4v) is 1.47. The molecule has 14 heavy (non-hydrogen) atoms. The standard InChI is InChI=1S/C10H9FN2O/c11-8-2-1-5-13-9(14)4-3-7(6-12)10(8)13/h1-5H,6,12H2. The second-order valence-electron chi connectivity index (χ2n) is 2.98. The highest BCUT2D eigenvalue weighted by Crippen LogP contribution is 2.11. The Hall–Kier alpha value is -1.68. The molecule has 4 heteroatoms. The first-order valence-electron chi connectivity index (χ1n) is 4.23. The maximum atomic E-state index is 13.4. The Balaban J connectivity index is 3.00. The third kappa shape index (κ3) is 1.20. The third-order valence-electron chi connectivity index (χ3n) is 2.13. The summed E-state index contributed by atoms with van der Waals surface area (Å²) in [4.78, 5) is 11.4. The molecule has 0 saturated heterocycles. The van der Waals surface area contributed by atoms with Gasteiger partial charge in [0, 0.05) is 18.8 Å². The van der Waals surface area contributed by atoms with Crippen LogP contribution in [-0.4, -0.2) is 4.40 Å². The van der Waals surface area contributed by atoms with Crippen LogP contribution in [0.4, 0.5) is 4.39 Å². The van der Waals surface area contributed by atoms with Gasteiger partial charge >= 0.3 is 0 Å². The van der Waals surface area contributed by atoms with Gasteiger partial charge in [0.05, 0.1) is 5.52 Å². The van der Waals surface area contributed by atoms with Crippen molar-refractivity contribution in [3.8, 4) is 0 Å². The van der Waals surface area contributed by atoms with Crippen LogP contribution in [0.3, 0.4) is 0 Å². The van der Waals surface area contributed by atoms with Crippen molar-refractivity contribution in [3.63, 3.8) is 0 Å². The molecule has 0 bridgehead atoms. The topological polar surface area (TPSA) is 47.5 Å². The van der Waals surface area contributed by atoms with Gasteiger partial charge in [-0.2, -0.15) is 0 Å². The summed E-state index contributed by atoms with van der Waals surface area (Å²) in [5, 5.41) is 0. The minimum Gasteiger partial charge on any atom is -0.326 e. The molecule has 2 heterocycles. The molecule has 2 aromatic rings. The van der Waals surface area contributed by atoms with Crippen molar-refractivity contribution in [2.45, 2.75) is 6.54 Å². The fraction of sp³-hybridized carbons (Fsp3) is 0.100. The van der Waals surface area contributed by atoms with E-state index in [4.69, 9.17) is 5.73 Å². The Bertz CT molecular complexity index is 533. The van der Waals surface area contributed by atoms with Gasteiger partial charge in [-0.15, -0.1) is 0 Å². The summed E-state index contributed by atoms with van der Waals surface area (Å²) in [7, 11) is 0. The number of hydrogen-bond donors (Lipinski definition) is 1. The highest BCUT2D eigenvalue weighted by Gasteiger charge is 2.05. The van der Waals surface area contributed by atoms with Gasteiger partial charge in [-0.1, -0.05) is 6.07 Å². The van der Waals surface area contributed by atoms with E-state index in [1.807, 2.05) is 0 Å². The molecular weight excluding hydrogens is 183 g/mol. The Morgan fingerprint density at radius 1 is 1.36 bits per heavy atom. The second-order valence-corrected chi connectivity index (χ2v) is 2.98. The van der Waals surface area contributed by atoms with Gasteiger partial charge in [0.15, 0.2) is 0 Å². The van der Waals surface area contributed by atoms with Crippen molar-refractivity contribution in [2.75, 3.05) is 0 Å². The van der Waals surface area contributed by atoms with Crippen LogP contribution in [0.2, 0.25) is 0 Å². The predicted molar refractivity (Wildman–Crippen MR) is 51.5 cm³/mol. The van der Waals surface area contributed by atoms with E-state index in [1.165, 1.54) is 28.8 Å². The molecule has 0 aliphatic carbocycles. The minimum atomic E-state index is -0.425. The van der Waals surface area contributed by atoms with E-state index in [0.29, 0.717) is 5.56 Å². The molecule has 72 valence electrons. The van der Waals surface area contributed by atoms with Gasteiger partial charge in [0.1, 0.15) is 5.82 Å². The molecule has 0 spiro atoms. The van der Waals surface area contributed by atoms with Gasteiger partial charge in [0.25, 0.3) is 5.56 Å². The van der Waals surface area contributed by atoms with Gasteiger partial charge < -0.3 is 5.73 Å². The minimum absolute atomic E-state index is 0.213. The monoisotopic (exact) mass is 192 g/mol. The largest absolute Gasteiger partial charge is 0.326 e. The molecular formula is C10H9FN2O. The number of fused-ring (bicyclic) bond motifs is 1. The van der Waals surface area contributed by atoms with E-state index in [9.17, 15) is 9.18 Å². The molecule has 0 saturated carbocycles. The Labute approximate surface area is 79.6 Å². The lowest BCUT2D eigenvalue weighted by Gasteiger charge is -2.05. The molecule has 2 N–H and O–H groups in total. The van der Waals surface area contributed by atoms with Crippen molar-refractivity contribution in [1.29, 1.82) is 0 Å². The summed E-state index contributed by atoms with van der Waals surface area (Å²) in [6, 6.07) is 5.74. The molecule has 2 aromatic heterocycles. The highest BCUT2D eigenvalue weighted by atomic mass is 19.1. The first-order chi connectivity index (χ1) is 6.74. The van der Waals surface area contributed by atoms with Crippen LogP contribution in [0, 0.1) is 5.82 Å². The van der Waals surface area contributed by atoms with Crippen LogP contribution in [-0.2, 0) is 6.54 Å². The van der Waals surface area contributed by atoms with E-state index >= 15 is 0 Å². The fourth-order valence-electron chi connectivity index (χ4n) is 1.47. The molecule has 0 fully saturated rings. The summed E-state index contributed by atoms with van der Waals surface area (Å²) >= 11 is 0. The number of nitrogens with zero attached hydrogens (tertiary/aromatic N) is 1. The maximum absolute atomic E-state index is 13.4. The number of halogens is 1. The number of aromatic nitrogens is 1. The van der Waals surface area contributed by atoms with E-state index in [2.05, 4.69) is 0 Å². The van der Waals surface area contributed by atoms with E-state index in [1.54, 1.807) is 6.07 Å². The van der Waals surface area contributed by atoms with Gasteiger partial charge in [-0.25, -0.2) is 4.39 Å². The summed E-state index contributed by atoms with van der Waals surface area (Å²) in [5.41, 5.74) is 6.09. The van der Waals surface area contributed by atoms with Gasteiger partial charge in [-0.05, 0) is 17.7 Å². The number of hydrogen-bond acceptors (Lipinski definition) is 2. The molecule has 0 atom stereocenters. The van der Waals surface area contributed by atoms with Crippen molar-refractivity contribution >= 4 is 5.52 Å². The van der Waals surface area contributed by atoms with E-state index in [0.717, 1.165) is 0 Å². The maximum Gasteiger partial charge on any atom is 0.255 e. The van der Waals surface area contributed by atoms with E-state index < -0.39 is 5.82 Å². The second kappa shape index (κ2) is 3.23. The van der Waals surface area contributed by atoms with Crippen LogP contribution in [0.15, 0.2) is 35.3 Å². The normalized spacial score (nSPS) is 10.7. The Morgan fingerprint density at radius 2 is 2.14 bits per heavy atom. The summed E-state index contributed by atoms with van der Waals surface area (Å²) in [5.74, 6) is -0.425. The zero-order valence-corrected chi connectivity index (χ0v) is 7.40. The average Bonchev–Trinajstić information content (AvgIpc) is 2.20. The molecule has 3 nitrogen and oxygen atoms in total. The number of nitrogens with two attached hydrogens (primary N) is 1. The van der Waals surface area contributed by atoms with Crippen molar-refractivity contribution in [2.24, 2.45) is 5.73 Å². The quantitative estimate of drug-likeness (QED) is 0.729. The smallest absolute Gasteiger partial charge is 0.255 e. The SMILES string of the molecule is NCc1ccc(=O)n2cccc(F)c12.